The predicted octanol–water partition coefficient (Wildman–Crippen LogP) is 5.40. The van der Waals surface area contributed by atoms with E-state index in [4.69, 9.17) is 27.2 Å². The maximum Gasteiger partial charge on any atom is 0.323 e. The van der Waals surface area contributed by atoms with E-state index in [9.17, 15) is 9.59 Å². The average Bonchev–Trinajstić information content (AvgIpc) is 3.45. The zero-order chi connectivity index (χ0) is 25.8. The van der Waals surface area contributed by atoms with Gasteiger partial charge in [-0.05, 0) is 48.0 Å². The van der Waals surface area contributed by atoms with Crippen LogP contribution in [0.2, 0.25) is 0 Å². The van der Waals surface area contributed by atoms with Gasteiger partial charge in [-0.25, -0.2) is 4.68 Å². The first-order valence-corrected chi connectivity index (χ1v) is 12.6. The zero-order valence-electron chi connectivity index (χ0n) is 19.5. The van der Waals surface area contributed by atoms with Gasteiger partial charge in [-0.3, -0.25) is 14.5 Å². The van der Waals surface area contributed by atoms with Gasteiger partial charge >= 0.3 is 5.97 Å². The summed E-state index contributed by atoms with van der Waals surface area (Å²) in [6, 6.07) is 27.2. The second-order valence-electron chi connectivity index (χ2n) is 8.17. The van der Waals surface area contributed by atoms with E-state index in [1.165, 1.54) is 0 Å². The topological polar surface area (TPSA) is 84.7 Å². The van der Waals surface area contributed by atoms with E-state index >= 15 is 0 Å². The first-order chi connectivity index (χ1) is 18.0. The molecule has 1 saturated heterocycles. The number of amides is 1. The Morgan fingerprint density at radius 2 is 1.68 bits per heavy atom. The van der Waals surface area contributed by atoms with E-state index in [1.54, 1.807) is 10.8 Å². The summed E-state index contributed by atoms with van der Waals surface area (Å²) in [6.07, 6.45) is 3.55. The average molecular weight is 528 g/mol. The van der Waals surface area contributed by atoms with E-state index in [-0.39, 0.29) is 4.32 Å². The molecule has 0 atom stereocenters. The smallest absolute Gasteiger partial charge is 0.323 e. The van der Waals surface area contributed by atoms with Crippen molar-refractivity contribution in [2.24, 2.45) is 0 Å². The molecule has 1 aliphatic heterocycles. The van der Waals surface area contributed by atoms with E-state index in [1.807, 2.05) is 91.1 Å². The number of benzene rings is 3. The van der Waals surface area contributed by atoms with Crippen LogP contribution in [-0.4, -0.2) is 42.5 Å². The second kappa shape index (κ2) is 10.8. The Morgan fingerprint density at radius 1 is 1.00 bits per heavy atom. The van der Waals surface area contributed by atoms with E-state index < -0.39 is 18.4 Å². The van der Waals surface area contributed by atoms with Crippen LogP contribution < -0.4 is 4.74 Å². The molecule has 2 heterocycles. The minimum absolute atomic E-state index is 0.218. The molecule has 0 aliphatic carbocycles. The van der Waals surface area contributed by atoms with Crippen LogP contribution in [0.1, 0.15) is 11.1 Å². The van der Waals surface area contributed by atoms with E-state index in [0.29, 0.717) is 22.8 Å². The highest BCUT2D eigenvalue weighted by Gasteiger charge is 2.33. The van der Waals surface area contributed by atoms with Crippen LogP contribution in [0.4, 0.5) is 0 Å². The van der Waals surface area contributed by atoms with Gasteiger partial charge in [0.25, 0.3) is 5.91 Å². The Bertz CT molecular complexity index is 1480. The minimum Gasteiger partial charge on any atom is -0.489 e. The Hall–Kier alpha value is -4.21. The molecule has 1 fully saturated rings. The van der Waals surface area contributed by atoms with Gasteiger partial charge in [0.2, 0.25) is 0 Å². The van der Waals surface area contributed by atoms with Crippen LogP contribution in [0.3, 0.4) is 0 Å². The summed E-state index contributed by atoms with van der Waals surface area (Å²) in [6.45, 7) is -0.00512. The van der Waals surface area contributed by atoms with Gasteiger partial charge < -0.3 is 9.84 Å². The summed E-state index contributed by atoms with van der Waals surface area (Å²) >= 11 is 6.32. The molecule has 5 rings (SSSR count). The molecular formula is C28H21N3O4S2. The zero-order valence-corrected chi connectivity index (χ0v) is 21.1. The third-order valence-electron chi connectivity index (χ3n) is 5.59. The van der Waals surface area contributed by atoms with Crippen molar-refractivity contribution in [1.82, 2.24) is 14.7 Å². The highest BCUT2D eigenvalue weighted by molar-refractivity contribution is 8.26. The van der Waals surface area contributed by atoms with Gasteiger partial charge in [0.15, 0.2) is 0 Å². The lowest BCUT2D eigenvalue weighted by Gasteiger charge is -2.10. The number of carbonyl (C=O) groups is 2. The van der Waals surface area contributed by atoms with Crippen LogP contribution in [0.5, 0.6) is 5.75 Å². The number of para-hydroxylation sites is 1. The molecule has 0 unspecified atom stereocenters. The fourth-order valence-electron chi connectivity index (χ4n) is 3.79. The molecule has 3 aromatic carbocycles. The lowest BCUT2D eigenvalue weighted by molar-refractivity contribution is -0.140. The van der Waals surface area contributed by atoms with Gasteiger partial charge in [0, 0.05) is 17.3 Å². The summed E-state index contributed by atoms with van der Waals surface area (Å²) in [4.78, 5) is 25.5. The molecule has 0 saturated carbocycles. The number of nitrogens with zero attached hydrogens (tertiary/aromatic N) is 3. The Kier molecular flexibility index (Phi) is 7.16. The number of aromatic nitrogens is 2. The Balaban J connectivity index is 1.46. The van der Waals surface area contributed by atoms with Crippen LogP contribution in [0, 0.1) is 0 Å². The largest absolute Gasteiger partial charge is 0.489 e. The lowest BCUT2D eigenvalue weighted by atomic mass is 10.1. The van der Waals surface area contributed by atoms with Crippen molar-refractivity contribution in [3.8, 4) is 22.7 Å². The first-order valence-electron chi connectivity index (χ1n) is 11.4. The van der Waals surface area contributed by atoms with E-state index in [2.05, 4.69) is 0 Å². The number of hydrogen-bond acceptors (Lipinski definition) is 6. The number of hydrogen-bond donors (Lipinski definition) is 1. The molecule has 184 valence electrons. The van der Waals surface area contributed by atoms with Gasteiger partial charge in [-0.1, -0.05) is 72.5 Å². The molecule has 1 N–H and O–H groups in total. The SMILES string of the molecule is O=C(O)CN1C(=O)/C(=C\c2cn(-c3ccccc3)nc2-c2ccc(OCc3ccccc3)cc2)SC1=S. The quantitative estimate of drug-likeness (QED) is 0.242. The van der Waals surface area contributed by atoms with Crippen molar-refractivity contribution in [2.75, 3.05) is 6.54 Å². The maximum atomic E-state index is 12.9. The van der Waals surface area contributed by atoms with Gasteiger partial charge in [-0.15, -0.1) is 0 Å². The molecule has 37 heavy (non-hydrogen) atoms. The molecule has 0 bridgehead atoms. The minimum atomic E-state index is -1.12. The van der Waals surface area contributed by atoms with E-state index in [0.717, 1.165) is 39.2 Å². The molecule has 0 spiro atoms. The number of thioether (sulfide) groups is 1. The van der Waals surface area contributed by atoms with Crippen molar-refractivity contribution in [3.63, 3.8) is 0 Å². The van der Waals surface area contributed by atoms with Crippen molar-refractivity contribution >= 4 is 46.3 Å². The van der Waals surface area contributed by atoms with Crippen LogP contribution in [0.15, 0.2) is 96.0 Å². The standard InChI is InChI=1S/C28H21N3O4S2/c32-25(33)17-30-27(34)24(37-28(30)36)15-21-16-31(22-9-5-2-6-10-22)29-26(21)20-11-13-23(14-12-20)35-18-19-7-3-1-4-8-19/h1-16H,17-18H2,(H,32,33)/b24-15+. The van der Waals surface area contributed by atoms with Crippen LogP contribution in [-0.2, 0) is 16.2 Å². The summed E-state index contributed by atoms with van der Waals surface area (Å²) in [5.74, 6) is -0.823. The lowest BCUT2D eigenvalue weighted by Crippen LogP contribution is -2.33. The van der Waals surface area contributed by atoms with Crippen molar-refractivity contribution < 1.29 is 19.4 Å². The molecule has 1 aromatic heterocycles. The molecule has 4 aromatic rings. The number of carbonyl (C=O) groups excluding carboxylic acids is 1. The fourth-order valence-corrected chi connectivity index (χ4v) is 5.04. The Labute approximate surface area is 223 Å². The van der Waals surface area contributed by atoms with Gasteiger partial charge in [0.05, 0.1) is 16.3 Å². The highest BCUT2D eigenvalue weighted by Crippen LogP contribution is 2.35. The second-order valence-corrected chi connectivity index (χ2v) is 9.85. The molecule has 1 amide bonds. The van der Waals surface area contributed by atoms with Gasteiger partial charge in [-0.2, -0.15) is 5.10 Å². The van der Waals surface area contributed by atoms with Gasteiger partial charge in [0.1, 0.15) is 23.2 Å². The van der Waals surface area contributed by atoms with Crippen LogP contribution in [0.25, 0.3) is 23.0 Å². The third kappa shape index (κ3) is 5.63. The number of ether oxygens (including phenoxy) is 1. The highest BCUT2D eigenvalue weighted by atomic mass is 32.2. The van der Waals surface area contributed by atoms with Crippen molar-refractivity contribution in [3.05, 3.63) is 107 Å². The van der Waals surface area contributed by atoms with Crippen LogP contribution >= 0.6 is 24.0 Å². The molecule has 7 nitrogen and oxygen atoms in total. The number of aliphatic carboxylic acids is 1. The maximum absolute atomic E-state index is 12.9. The Morgan fingerprint density at radius 3 is 2.35 bits per heavy atom. The normalized spacial score (nSPS) is 14.4. The molecule has 9 heteroatoms. The third-order valence-corrected chi connectivity index (χ3v) is 6.97. The monoisotopic (exact) mass is 527 g/mol. The summed E-state index contributed by atoms with van der Waals surface area (Å²) in [5.41, 5.74) is 4.16. The number of carboxylic acid groups (broad SMARTS) is 1. The summed E-state index contributed by atoms with van der Waals surface area (Å²) in [5, 5.41) is 13.9. The first kappa shape index (κ1) is 24.5. The molecular weight excluding hydrogens is 506 g/mol. The van der Waals surface area contributed by atoms with Crippen molar-refractivity contribution in [2.45, 2.75) is 6.61 Å². The fraction of sp³-hybridized carbons (Fsp3) is 0.0714. The predicted molar refractivity (Wildman–Crippen MR) is 147 cm³/mol. The number of carboxylic acids is 1. The number of rotatable bonds is 8. The van der Waals surface area contributed by atoms with Crippen molar-refractivity contribution in [1.29, 1.82) is 0 Å². The summed E-state index contributed by atoms with van der Waals surface area (Å²) in [7, 11) is 0. The number of thiocarbonyl (C=S) groups is 1. The molecule has 1 aliphatic rings. The summed E-state index contributed by atoms with van der Waals surface area (Å²) < 4.78 is 7.88. The molecule has 0 radical (unpaired) electrons.